The molecular formula is C11H13NO. The largest absolute Gasteiger partial charge is 0.298 e. The maximum atomic E-state index is 11.6. The van der Waals surface area contributed by atoms with Crippen molar-refractivity contribution >= 4 is 5.78 Å². The van der Waals surface area contributed by atoms with E-state index in [-0.39, 0.29) is 5.78 Å². The smallest absolute Gasteiger partial charge is 0.153 e. The molecule has 2 aliphatic carbocycles. The zero-order valence-corrected chi connectivity index (χ0v) is 7.62. The fraction of sp³-hybridized carbons (Fsp3) is 0.636. The highest BCUT2D eigenvalue weighted by atomic mass is 16.1. The lowest BCUT2D eigenvalue weighted by atomic mass is 9.81. The number of carbonyl (C=O) groups is 1. The van der Waals surface area contributed by atoms with E-state index in [2.05, 4.69) is 12.6 Å². The zero-order valence-electron chi connectivity index (χ0n) is 7.62. The highest BCUT2D eigenvalue weighted by Crippen LogP contribution is 2.54. The predicted octanol–water partition coefficient (Wildman–Crippen LogP) is 2.07. The maximum Gasteiger partial charge on any atom is 0.153 e. The molecule has 2 nitrogen and oxygen atoms in total. The van der Waals surface area contributed by atoms with Crippen LogP contribution in [0.3, 0.4) is 0 Å². The topological polar surface area (TPSA) is 40.9 Å². The van der Waals surface area contributed by atoms with E-state index in [4.69, 9.17) is 5.26 Å². The van der Waals surface area contributed by atoms with Gasteiger partial charge in [0.15, 0.2) is 5.78 Å². The van der Waals surface area contributed by atoms with Crippen molar-refractivity contribution < 1.29 is 4.79 Å². The molecule has 0 aliphatic heterocycles. The fourth-order valence-corrected chi connectivity index (χ4v) is 2.84. The number of nitriles is 1. The van der Waals surface area contributed by atoms with Gasteiger partial charge in [-0.25, -0.2) is 0 Å². The Bertz CT molecular complexity index is 302. The number of Topliss-reactive ketones (excluding diaryl/α,β-unsaturated/α-hetero) is 1. The molecule has 2 aliphatic rings. The number of allylic oxidation sites excluding steroid dienone is 1. The minimum Gasteiger partial charge on any atom is -0.298 e. The van der Waals surface area contributed by atoms with Crippen LogP contribution in [-0.4, -0.2) is 5.78 Å². The summed E-state index contributed by atoms with van der Waals surface area (Å²) in [7, 11) is 0. The lowest BCUT2D eigenvalue weighted by molar-refractivity contribution is -0.123. The first-order chi connectivity index (χ1) is 6.23. The van der Waals surface area contributed by atoms with Gasteiger partial charge in [-0.2, -0.15) is 5.26 Å². The molecule has 2 fully saturated rings. The molecule has 0 heterocycles. The Hall–Kier alpha value is -1.10. The summed E-state index contributed by atoms with van der Waals surface area (Å²) in [6, 6.07) is 2.26. The second-order valence-electron chi connectivity index (χ2n) is 4.18. The van der Waals surface area contributed by atoms with Gasteiger partial charge in [-0.1, -0.05) is 6.08 Å². The highest BCUT2D eigenvalue weighted by molar-refractivity contribution is 5.90. The quantitative estimate of drug-likeness (QED) is 0.572. The van der Waals surface area contributed by atoms with Crippen LogP contribution in [0.2, 0.25) is 0 Å². The van der Waals surface area contributed by atoms with Crippen molar-refractivity contribution in [1.29, 1.82) is 5.26 Å². The molecule has 13 heavy (non-hydrogen) atoms. The minimum absolute atomic E-state index is 0.171. The summed E-state index contributed by atoms with van der Waals surface area (Å²) in [5, 5.41) is 9.11. The van der Waals surface area contributed by atoms with Crippen molar-refractivity contribution in [2.24, 2.45) is 17.3 Å². The van der Waals surface area contributed by atoms with Crippen LogP contribution in [0, 0.1) is 28.6 Å². The van der Waals surface area contributed by atoms with Gasteiger partial charge in [0, 0.05) is 6.42 Å². The summed E-state index contributed by atoms with van der Waals surface area (Å²) in [4.78, 5) is 11.6. The number of hydrogen-bond acceptors (Lipinski definition) is 2. The van der Waals surface area contributed by atoms with Gasteiger partial charge < -0.3 is 0 Å². The van der Waals surface area contributed by atoms with Crippen LogP contribution >= 0.6 is 0 Å². The van der Waals surface area contributed by atoms with Crippen molar-refractivity contribution in [3.05, 3.63) is 12.7 Å². The molecule has 68 valence electrons. The van der Waals surface area contributed by atoms with Crippen LogP contribution in [-0.2, 0) is 4.79 Å². The van der Waals surface area contributed by atoms with E-state index in [0.717, 1.165) is 19.3 Å². The molecule has 0 N–H and O–H groups in total. The third kappa shape index (κ3) is 0.966. The first kappa shape index (κ1) is 8.50. The summed E-state index contributed by atoms with van der Waals surface area (Å²) in [5.74, 6) is 0.867. The van der Waals surface area contributed by atoms with E-state index < -0.39 is 5.41 Å². The van der Waals surface area contributed by atoms with Crippen molar-refractivity contribution in [2.75, 3.05) is 0 Å². The molecule has 0 spiro atoms. The Kier molecular flexibility index (Phi) is 1.76. The van der Waals surface area contributed by atoms with Crippen LogP contribution in [0.25, 0.3) is 0 Å². The number of hydrogen-bond donors (Lipinski definition) is 0. The Morgan fingerprint density at radius 2 is 2.46 bits per heavy atom. The standard InChI is InChI=1S/C11H13NO/c1-2-8-5-9-3-4-10(13)11(9,6-8)7-12/h2,8-9H,1,3-6H2/t8-,9+,11+/m0/s1. The van der Waals surface area contributed by atoms with Gasteiger partial charge in [0.2, 0.25) is 0 Å². The lowest BCUT2D eigenvalue weighted by Crippen LogP contribution is -2.26. The van der Waals surface area contributed by atoms with Crippen molar-refractivity contribution in [1.82, 2.24) is 0 Å². The van der Waals surface area contributed by atoms with Gasteiger partial charge in [0.1, 0.15) is 5.41 Å². The summed E-state index contributed by atoms with van der Waals surface area (Å²) < 4.78 is 0. The van der Waals surface area contributed by atoms with Crippen molar-refractivity contribution in [3.8, 4) is 6.07 Å². The summed E-state index contributed by atoms with van der Waals surface area (Å²) >= 11 is 0. The number of rotatable bonds is 1. The Morgan fingerprint density at radius 1 is 1.69 bits per heavy atom. The third-order valence-electron chi connectivity index (χ3n) is 3.62. The van der Waals surface area contributed by atoms with Gasteiger partial charge in [0.05, 0.1) is 6.07 Å². The fourth-order valence-electron chi connectivity index (χ4n) is 2.84. The monoisotopic (exact) mass is 175 g/mol. The van der Waals surface area contributed by atoms with Crippen LogP contribution in [0.4, 0.5) is 0 Å². The Balaban J connectivity index is 2.32. The molecule has 0 aromatic rings. The van der Waals surface area contributed by atoms with Gasteiger partial charge >= 0.3 is 0 Å². The van der Waals surface area contributed by atoms with Gasteiger partial charge in [-0.15, -0.1) is 6.58 Å². The first-order valence-electron chi connectivity index (χ1n) is 4.80. The summed E-state index contributed by atoms with van der Waals surface area (Å²) in [6.45, 7) is 3.74. The van der Waals surface area contributed by atoms with Crippen molar-refractivity contribution in [2.45, 2.75) is 25.7 Å². The van der Waals surface area contributed by atoms with Crippen LogP contribution in [0.15, 0.2) is 12.7 Å². The Morgan fingerprint density at radius 3 is 3.00 bits per heavy atom. The molecule has 0 unspecified atom stereocenters. The van der Waals surface area contributed by atoms with E-state index in [1.807, 2.05) is 6.08 Å². The van der Waals surface area contributed by atoms with Crippen molar-refractivity contribution in [3.63, 3.8) is 0 Å². The normalized spacial score (nSPS) is 42.8. The predicted molar refractivity (Wildman–Crippen MR) is 48.7 cm³/mol. The van der Waals surface area contributed by atoms with E-state index >= 15 is 0 Å². The molecule has 0 aromatic heterocycles. The summed E-state index contributed by atoms with van der Waals surface area (Å²) in [5.41, 5.74) is -0.626. The van der Waals surface area contributed by atoms with Gasteiger partial charge in [-0.05, 0) is 31.1 Å². The minimum atomic E-state index is -0.626. The second kappa shape index (κ2) is 2.70. The molecule has 0 bridgehead atoms. The number of carbonyl (C=O) groups excluding carboxylic acids is 1. The summed E-state index contributed by atoms with van der Waals surface area (Å²) in [6.07, 6.45) is 5.13. The number of nitrogens with zero attached hydrogens (tertiary/aromatic N) is 1. The SMILES string of the molecule is C=C[C@H]1C[C@H]2CCC(=O)[C@@]2(C#N)C1. The number of ketones is 1. The molecule has 0 aromatic carbocycles. The highest BCUT2D eigenvalue weighted by Gasteiger charge is 2.55. The number of fused-ring (bicyclic) bond motifs is 1. The third-order valence-corrected chi connectivity index (χ3v) is 3.62. The molecular weight excluding hydrogens is 162 g/mol. The first-order valence-corrected chi connectivity index (χ1v) is 4.80. The molecule has 0 saturated heterocycles. The van der Waals surface area contributed by atoms with Crippen LogP contribution < -0.4 is 0 Å². The molecule has 2 rings (SSSR count). The van der Waals surface area contributed by atoms with Gasteiger partial charge in [-0.3, -0.25) is 4.79 Å². The molecule has 0 amide bonds. The van der Waals surface area contributed by atoms with E-state index in [1.54, 1.807) is 0 Å². The second-order valence-corrected chi connectivity index (χ2v) is 4.18. The maximum absolute atomic E-state index is 11.6. The van der Waals surface area contributed by atoms with Crippen LogP contribution in [0.5, 0.6) is 0 Å². The van der Waals surface area contributed by atoms with E-state index in [0.29, 0.717) is 18.3 Å². The molecule has 2 saturated carbocycles. The molecule has 3 atom stereocenters. The van der Waals surface area contributed by atoms with E-state index in [9.17, 15) is 4.79 Å². The average molecular weight is 175 g/mol. The lowest BCUT2D eigenvalue weighted by Gasteiger charge is -2.17. The average Bonchev–Trinajstić information content (AvgIpc) is 2.64. The van der Waals surface area contributed by atoms with E-state index in [1.165, 1.54) is 0 Å². The van der Waals surface area contributed by atoms with Gasteiger partial charge in [0.25, 0.3) is 0 Å². The zero-order chi connectivity index (χ0) is 9.47. The Labute approximate surface area is 78.2 Å². The van der Waals surface area contributed by atoms with Crippen LogP contribution in [0.1, 0.15) is 25.7 Å². The molecule has 0 radical (unpaired) electrons. The molecule has 2 heteroatoms.